The van der Waals surface area contributed by atoms with Gasteiger partial charge in [0.05, 0.1) is 0 Å². The highest BCUT2D eigenvalue weighted by Crippen LogP contribution is 2.25. The molecule has 0 aromatic heterocycles. The van der Waals surface area contributed by atoms with Gasteiger partial charge in [-0.1, -0.05) is 22.0 Å². The maximum absolute atomic E-state index is 13.4. The number of rotatable bonds is 5. The molecule has 0 radical (unpaired) electrons. The van der Waals surface area contributed by atoms with E-state index in [4.69, 9.17) is 15.2 Å². The summed E-state index contributed by atoms with van der Waals surface area (Å²) in [6.07, 6.45) is 0. The van der Waals surface area contributed by atoms with E-state index in [0.29, 0.717) is 15.9 Å². The Morgan fingerprint density at radius 3 is 2.55 bits per heavy atom. The van der Waals surface area contributed by atoms with Gasteiger partial charge in [-0.2, -0.15) is 4.39 Å². The molecule has 0 heterocycles. The summed E-state index contributed by atoms with van der Waals surface area (Å²) < 4.78 is 37.5. The van der Waals surface area contributed by atoms with E-state index < -0.39 is 11.6 Å². The number of nitrogen functional groups attached to an aromatic ring is 1. The van der Waals surface area contributed by atoms with Crippen molar-refractivity contribution in [3.8, 4) is 11.5 Å². The van der Waals surface area contributed by atoms with Crippen LogP contribution in [0.4, 0.5) is 14.5 Å². The Hall–Kier alpha value is -1.82. The summed E-state index contributed by atoms with van der Waals surface area (Å²) in [6, 6.07) is 9.30. The maximum Gasteiger partial charge on any atom is 0.200 e. The normalized spacial score (nSPS) is 10.3. The van der Waals surface area contributed by atoms with Crippen molar-refractivity contribution in [3.05, 3.63) is 52.5 Å². The van der Waals surface area contributed by atoms with E-state index >= 15 is 0 Å². The van der Waals surface area contributed by atoms with Gasteiger partial charge in [0.25, 0.3) is 0 Å². The molecule has 6 heteroatoms. The van der Waals surface area contributed by atoms with E-state index in [9.17, 15) is 8.78 Å². The lowest BCUT2D eigenvalue weighted by Gasteiger charge is -2.10. The van der Waals surface area contributed by atoms with Crippen LogP contribution in [-0.2, 0) is 0 Å². The fourth-order valence-electron chi connectivity index (χ4n) is 1.55. The molecular formula is C14H12BrF2NO2. The summed E-state index contributed by atoms with van der Waals surface area (Å²) in [5.41, 5.74) is 6.19. The van der Waals surface area contributed by atoms with Crippen LogP contribution in [0.15, 0.2) is 40.9 Å². The van der Waals surface area contributed by atoms with Gasteiger partial charge in [-0.3, -0.25) is 0 Å². The first-order valence-electron chi connectivity index (χ1n) is 5.82. The van der Waals surface area contributed by atoms with E-state index in [0.717, 1.165) is 6.07 Å². The van der Waals surface area contributed by atoms with Crippen LogP contribution in [0, 0.1) is 11.6 Å². The van der Waals surface area contributed by atoms with Gasteiger partial charge in [0, 0.05) is 16.2 Å². The molecule has 0 saturated heterocycles. The maximum atomic E-state index is 13.4. The molecular weight excluding hydrogens is 332 g/mol. The fraction of sp³-hybridized carbons (Fsp3) is 0.143. The van der Waals surface area contributed by atoms with Crippen LogP contribution in [-0.4, -0.2) is 13.2 Å². The lowest BCUT2D eigenvalue weighted by atomic mass is 10.3. The molecule has 20 heavy (non-hydrogen) atoms. The van der Waals surface area contributed by atoms with Crippen LogP contribution in [0.3, 0.4) is 0 Å². The third-order valence-electron chi connectivity index (χ3n) is 2.43. The van der Waals surface area contributed by atoms with Crippen LogP contribution in [0.1, 0.15) is 0 Å². The number of anilines is 1. The zero-order valence-electron chi connectivity index (χ0n) is 10.4. The Morgan fingerprint density at radius 1 is 1.05 bits per heavy atom. The van der Waals surface area contributed by atoms with Crippen LogP contribution >= 0.6 is 15.9 Å². The summed E-state index contributed by atoms with van der Waals surface area (Å²) in [6.45, 7) is 0.276. The van der Waals surface area contributed by atoms with Gasteiger partial charge in [0.1, 0.15) is 19.0 Å². The molecule has 0 saturated carbocycles. The average Bonchev–Trinajstić information content (AvgIpc) is 2.40. The van der Waals surface area contributed by atoms with Crippen LogP contribution < -0.4 is 15.2 Å². The Balaban J connectivity index is 1.87. The van der Waals surface area contributed by atoms with Crippen molar-refractivity contribution in [2.24, 2.45) is 0 Å². The van der Waals surface area contributed by atoms with Crippen LogP contribution in [0.2, 0.25) is 0 Å². The third-order valence-corrected chi connectivity index (χ3v) is 2.89. The van der Waals surface area contributed by atoms with Gasteiger partial charge in [-0.05, 0) is 24.3 Å². The molecule has 0 aliphatic carbocycles. The highest BCUT2D eigenvalue weighted by Gasteiger charge is 2.11. The van der Waals surface area contributed by atoms with Gasteiger partial charge in [0.15, 0.2) is 11.6 Å². The van der Waals surface area contributed by atoms with E-state index in [2.05, 4.69) is 15.9 Å². The Labute approximate surface area is 123 Å². The van der Waals surface area contributed by atoms with Gasteiger partial charge in [0.2, 0.25) is 5.82 Å². The molecule has 0 spiro atoms. The molecule has 2 aromatic rings. The number of hydrogen-bond acceptors (Lipinski definition) is 3. The molecule has 106 valence electrons. The van der Waals surface area contributed by atoms with Crippen molar-refractivity contribution in [3.63, 3.8) is 0 Å². The standard InChI is InChI=1S/C14H12BrF2NO2/c15-9-6-12(16)14(17)13(7-9)20-5-4-19-11-3-1-2-10(18)8-11/h1-3,6-8H,4-5,18H2. The third kappa shape index (κ3) is 3.84. The minimum Gasteiger partial charge on any atom is -0.490 e. The number of halogens is 3. The van der Waals surface area contributed by atoms with Gasteiger partial charge in [-0.25, -0.2) is 4.39 Å². The van der Waals surface area contributed by atoms with Crippen LogP contribution in [0.5, 0.6) is 11.5 Å². The van der Waals surface area contributed by atoms with Crippen molar-refractivity contribution < 1.29 is 18.3 Å². The molecule has 0 bridgehead atoms. The van der Waals surface area contributed by atoms with E-state index in [1.54, 1.807) is 24.3 Å². The summed E-state index contributed by atoms with van der Waals surface area (Å²) in [5.74, 6) is -1.55. The minimum absolute atomic E-state index is 0.0849. The van der Waals surface area contributed by atoms with Crippen molar-refractivity contribution >= 4 is 21.6 Å². The van der Waals surface area contributed by atoms with Crippen LogP contribution in [0.25, 0.3) is 0 Å². The lowest BCUT2D eigenvalue weighted by Crippen LogP contribution is -2.10. The quantitative estimate of drug-likeness (QED) is 0.510. The first kappa shape index (κ1) is 14.6. The molecule has 2 rings (SSSR count). The largest absolute Gasteiger partial charge is 0.490 e. The highest BCUT2D eigenvalue weighted by atomic mass is 79.9. The van der Waals surface area contributed by atoms with E-state index in [1.807, 2.05) is 0 Å². The van der Waals surface area contributed by atoms with Gasteiger partial charge in [-0.15, -0.1) is 0 Å². The molecule has 0 aliphatic rings. The summed E-state index contributed by atoms with van der Waals surface area (Å²) in [7, 11) is 0. The monoisotopic (exact) mass is 343 g/mol. The molecule has 2 aromatic carbocycles. The predicted molar refractivity (Wildman–Crippen MR) is 75.9 cm³/mol. The van der Waals surface area contributed by atoms with Gasteiger partial charge >= 0.3 is 0 Å². The summed E-state index contributed by atoms with van der Waals surface area (Å²) in [4.78, 5) is 0. The molecule has 0 aliphatic heterocycles. The van der Waals surface area contributed by atoms with Gasteiger partial charge < -0.3 is 15.2 Å². The fourth-order valence-corrected chi connectivity index (χ4v) is 1.96. The molecule has 0 fully saturated rings. The van der Waals surface area contributed by atoms with E-state index in [1.165, 1.54) is 6.07 Å². The molecule has 3 nitrogen and oxygen atoms in total. The molecule has 2 N–H and O–H groups in total. The Bertz CT molecular complexity index is 608. The SMILES string of the molecule is Nc1cccc(OCCOc2cc(Br)cc(F)c2F)c1. The molecule has 0 amide bonds. The smallest absolute Gasteiger partial charge is 0.200 e. The first-order chi connectivity index (χ1) is 9.56. The molecule has 0 unspecified atom stereocenters. The highest BCUT2D eigenvalue weighted by molar-refractivity contribution is 9.10. The number of benzene rings is 2. The second kappa shape index (κ2) is 6.56. The summed E-state index contributed by atoms with van der Waals surface area (Å²) >= 11 is 3.07. The van der Waals surface area contributed by atoms with E-state index in [-0.39, 0.29) is 19.0 Å². The second-order valence-corrected chi connectivity index (χ2v) is 4.88. The number of ether oxygens (including phenoxy) is 2. The Kier molecular flexibility index (Phi) is 4.79. The van der Waals surface area contributed by atoms with Crippen molar-refractivity contribution in [2.75, 3.05) is 18.9 Å². The first-order valence-corrected chi connectivity index (χ1v) is 6.61. The minimum atomic E-state index is -1.02. The van der Waals surface area contributed by atoms with Crippen molar-refractivity contribution in [1.29, 1.82) is 0 Å². The Morgan fingerprint density at radius 2 is 1.80 bits per heavy atom. The predicted octanol–water partition coefficient (Wildman–Crippen LogP) is 3.77. The number of nitrogens with two attached hydrogens (primary N) is 1. The second-order valence-electron chi connectivity index (χ2n) is 3.97. The topological polar surface area (TPSA) is 44.5 Å². The molecule has 0 atom stereocenters. The zero-order valence-corrected chi connectivity index (χ0v) is 12.0. The summed E-state index contributed by atoms with van der Waals surface area (Å²) in [5, 5.41) is 0. The van der Waals surface area contributed by atoms with Crippen molar-refractivity contribution in [2.45, 2.75) is 0 Å². The number of hydrogen-bond donors (Lipinski definition) is 1. The average molecular weight is 344 g/mol. The van der Waals surface area contributed by atoms with Crippen molar-refractivity contribution in [1.82, 2.24) is 0 Å². The lowest BCUT2D eigenvalue weighted by molar-refractivity contribution is 0.210. The zero-order chi connectivity index (χ0) is 14.5.